The van der Waals surface area contributed by atoms with Crippen LogP contribution >= 0.6 is 0 Å². The lowest BCUT2D eigenvalue weighted by Crippen LogP contribution is -2.24. The summed E-state index contributed by atoms with van der Waals surface area (Å²) in [7, 11) is 0. The molecule has 1 N–H and O–H groups in total. The molecule has 1 aromatic heterocycles. The van der Waals surface area contributed by atoms with Crippen LogP contribution in [0, 0.1) is 0 Å². The number of benzene rings is 2. The molecule has 0 bridgehead atoms. The van der Waals surface area contributed by atoms with Crippen LogP contribution in [0.2, 0.25) is 0 Å². The van der Waals surface area contributed by atoms with E-state index in [4.69, 9.17) is 0 Å². The number of hydrogen-bond acceptors (Lipinski definition) is 2. The maximum atomic E-state index is 12.1. The molecule has 4 nitrogen and oxygen atoms in total. The zero-order valence-corrected chi connectivity index (χ0v) is 12.9. The van der Waals surface area contributed by atoms with Crippen LogP contribution in [0.5, 0.6) is 0 Å². The number of nitrogens with zero attached hydrogens (tertiary/aromatic N) is 2. The minimum absolute atomic E-state index is 0.0322. The third-order valence-corrected chi connectivity index (χ3v) is 3.70. The van der Waals surface area contributed by atoms with Gasteiger partial charge < -0.3 is 9.88 Å². The molecule has 2 aromatic carbocycles. The normalized spacial score (nSPS) is 10.4. The van der Waals surface area contributed by atoms with Crippen LogP contribution in [0.15, 0.2) is 73.3 Å². The second-order valence-corrected chi connectivity index (χ2v) is 5.36. The molecule has 0 spiro atoms. The van der Waals surface area contributed by atoms with Gasteiger partial charge in [0.2, 0.25) is 0 Å². The standard InChI is InChI=1S/C19H19N3O/c23-19(21-12-4-7-16-5-2-1-3-6-16)17-8-10-18(11-9-17)22-14-13-20-15-22/h1-3,5-6,8-11,13-15H,4,7,12H2,(H,21,23). The third-order valence-electron chi connectivity index (χ3n) is 3.70. The summed E-state index contributed by atoms with van der Waals surface area (Å²) in [5.74, 6) is -0.0322. The lowest BCUT2D eigenvalue weighted by Gasteiger charge is -2.07. The highest BCUT2D eigenvalue weighted by molar-refractivity contribution is 5.94. The number of aromatic nitrogens is 2. The molecule has 4 heteroatoms. The number of amides is 1. The van der Waals surface area contributed by atoms with Crippen molar-refractivity contribution in [2.45, 2.75) is 12.8 Å². The topological polar surface area (TPSA) is 46.9 Å². The Kier molecular flexibility index (Phi) is 4.84. The molecule has 0 aliphatic carbocycles. The van der Waals surface area contributed by atoms with Crippen LogP contribution in [0.3, 0.4) is 0 Å². The quantitative estimate of drug-likeness (QED) is 0.711. The average Bonchev–Trinajstić information content (AvgIpc) is 3.14. The van der Waals surface area contributed by atoms with Crippen LogP contribution in [0.25, 0.3) is 5.69 Å². The molecule has 0 saturated heterocycles. The zero-order chi connectivity index (χ0) is 15.9. The van der Waals surface area contributed by atoms with E-state index in [9.17, 15) is 4.79 Å². The Morgan fingerprint density at radius 1 is 1.04 bits per heavy atom. The molecule has 0 radical (unpaired) electrons. The summed E-state index contributed by atoms with van der Waals surface area (Å²) >= 11 is 0. The van der Waals surface area contributed by atoms with Crippen molar-refractivity contribution >= 4 is 5.91 Å². The first kappa shape index (κ1) is 15.0. The van der Waals surface area contributed by atoms with E-state index in [0.29, 0.717) is 12.1 Å². The summed E-state index contributed by atoms with van der Waals surface area (Å²) in [5, 5.41) is 2.97. The number of nitrogens with one attached hydrogen (secondary N) is 1. The summed E-state index contributed by atoms with van der Waals surface area (Å²) in [6.07, 6.45) is 7.24. The van der Waals surface area contributed by atoms with Crippen LogP contribution in [0.1, 0.15) is 22.3 Å². The van der Waals surface area contributed by atoms with Crippen molar-refractivity contribution < 1.29 is 4.79 Å². The van der Waals surface area contributed by atoms with Crippen LogP contribution in [-0.4, -0.2) is 22.0 Å². The summed E-state index contributed by atoms with van der Waals surface area (Å²) in [4.78, 5) is 16.1. The molecule has 0 unspecified atom stereocenters. The number of aryl methyl sites for hydroxylation is 1. The number of imidazole rings is 1. The summed E-state index contributed by atoms with van der Waals surface area (Å²) in [6.45, 7) is 0.678. The van der Waals surface area contributed by atoms with Crippen molar-refractivity contribution in [3.63, 3.8) is 0 Å². The van der Waals surface area contributed by atoms with Gasteiger partial charge in [-0.15, -0.1) is 0 Å². The van der Waals surface area contributed by atoms with Crippen molar-refractivity contribution in [3.8, 4) is 5.69 Å². The molecule has 0 atom stereocenters. The average molecular weight is 305 g/mol. The van der Waals surface area contributed by atoms with E-state index in [2.05, 4.69) is 22.4 Å². The lowest BCUT2D eigenvalue weighted by atomic mass is 10.1. The Balaban J connectivity index is 1.48. The van der Waals surface area contributed by atoms with Gasteiger partial charge in [-0.05, 0) is 42.7 Å². The molecule has 23 heavy (non-hydrogen) atoms. The van der Waals surface area contributed by atoms with Crippen LogP contribution in [0.4, 0.5) is 0 Å². The van der Waals surface area contributed by atoms with Gasteiger partial charge in [-0.1, -0.05) is 30.3 Å². The molecular formula is C19H19N3O. The Hall–Kier alpha value is -2.88. The van der Waals surface area contributed by atoms with Gasteiger partial charge >= 0.3 is 0 Å². The highest BCUT2D eigenvalue weighted by atomic mass is 16.1. The van der Waals surface area contributed by atoms with Crippen molar-refractivity contribution in [2.24, 2.45) is 0 Å². The van der Waals surface area contributed by atoms with E-state index in [0.717, 1.165) is 18.5 Å². The lowest BCUT2D eigenvalue weighted by molar-refractivity contribution is 0.0953. The van der Waals surface area contributed by atoms with E-state index in [-0.39, 0.29) is 5.91 Å². The largest absolute Gasteiger partial charge is 0.352 e. The maximum Gasteiger partial charge on any atom is 0.251 e. The molecular weight excluding hydrogens is 286 g/mol. The van der Waals surface area contributed by atoms with Gasteiger partial charge in [0.15, 0.2) is 0 Å². The monoisotopic (exact) mass is 305 g/mol. The van der Waals surface area contributed by atoms with Gasteiger partial charge in [0.05, 0.1) is 6.33 Å². The van der Waals surface area contributed by atoms with E-state index in [1.807, 2.05) is 53.2 Å². The summed E-state index contributed by atoms with van der Waals surface area (Å²) in [5.41, 5.74) is 2.96. The first-order valence-corrected chi connectivity index (χ1v) is 7.73. The van der Waals surface area contributed by atoms with E-state index in [1.165, 1.54) is 5.56 Å². The minimum atomic E-state index is -0.0322. The fourth-order valence-electron chi connectivity index (χ4n) is 2.44. The highest BCUT2D eigenvalue weighted by Gasteiger charge is 2.05. The van der Waals surface area contributed by atoms with E-state index >= 15 is 0 Å². The Labute approximate surface area is 135 Å². The molecule has 116 valence electrons. The molecule has 0 saturated carbocycles. The van der Waals surface area contributed by atoms with Gasteiger partial charge in [0.1, 0.15) is 0 Å². The van der Waals surface area contributed by atoms with Gasteiger partial charge in [0.25, 0.3) is 5.91 Å². The smallest absolute Gasteiger partial charge is 0.251 e. The molecule has 0 aliphatic heterocycles. The minimum Gasteiger partial charge on any atom is -0.352 e. The predicted octanol–water partition coefficient (Wildman–Crippen LogP) is 3.23. The molecule has 1 amide bonds. The van der Waals surface area contributed by atoms with Crippen molar-refractivity contribution in [2.75, 3.05) is 6.54 Å². The van der Waals surface area contributed by atoms with Gasteiger partial charge in [-0.25, -0.2) is 4.98 Å². The fourth-order valence-corrected chi connectivity index (χ4v) is 2.44. The summed E-state index contributed by atoms with van der Waals surface area (Å²) < 4.78 is 1.90. The SMILES string of the molecule is O=C(NCCCc1ccccc1)c1ccc(-n2ccnc2)cc1. The molecule has 3 rings (SSSR count). The molecule has 1 heterocycles. The van der Waals surface area contributed by atoms with Crippen molar-refractivity contribution in [1.29, 1.82) is 0 Å². The van der Waals surface area contributed by atoms with E-state index in [1.54, 1.807) is 12.5 Å². The zero-order valence-electron chi connectivity index (χ0n) is 12.9. The number of carbonyl (C=O) groups excluding carboxylic acids is 1. The highest BCUT2D eigenvalue weighted by Crippen LogP contribution is 2.09. The van der Waals surface area contributed by atoms with Gasteiger partial charge in [0, 0.05) is 30.2 Å². The predicted molar refractivity (Wildman–Crippen MR) is 90.7 cm³/mol. The first-order chi connectivity index (χ1) is 11.3. The van der Waals surface area contributed by atoms with Crippen molar-refractivity contribution in [1.82, 2.24) is 14.9 Å². The molecule has 3 aromatic rings. The maximum absolute atomic E-state index is 12.1. The van der Waals surface area contributed by atoms with E-state index < -0.39 is 0 Å². The third kappa shape index (κ3) is 4.07. The Morgan fingerprint density at radius 3 is 2.52 bits per heavy atom. The Bertz CT molecular complexity index is 734. The van der Waals surface area contributed by atoms with Crippen molar-refractivity contribution in [3.05, 3.63) is 84.4 Å². The number of rotatable bonds is 6. The van der Waals surface area contributed by atoms with Gasteiger partial charge in [-0.2, -0.15) is 0 Å². The molecule has 0 fully saturated rings. The molecule has 0 aliphatic rings. The number of carbonyl (C=O) groups is 1. The number of hydrogen-bond donors (Lipinski definition) is 1. The van der Waals surface area contributed by atoms with Crippen LogP contribution in [-0.2, 0) is 6.42 Å². The second kappa shape index (κ2) is 7.40. The fraction of sp³-hybridized carbons (Fsp3) is 0.158. The Morgan fingerprint density at radius 2 is 1.83 bits per heavy atom. The van der Waals surface area contributed by atoms with Crippen LogP contribution < -0.4 is 5.32 Å². The first-order valence-electron chi connectivity index (χ1n) is 7.73. The van der Waals surface area contributed by atoms with Gasteiger partial charge in [-0.3, -0.25) is 4.79 Å². The second-order valence-electron chi connectivity index (χ2n) is 5.36. The summed E-state index contributed by atoms with van der Waals surface area (Å²) in [6, 6.07) is 17.8.